The molecule has 0 saturated carbocycles. The van der Waals surface area contributed by atoms with Crippen molar-refractivity contribution < 1.29 is 18.3 Å². The van der Waals surface area contributed by atoms with Gasteiger partial charge in [0.15, 0.2) is 0 Å². The van der Waals surface area contributed by atoms with E-state index in [0.29, 0.717) is 18.7 Å². The molecule has 2 rings (SSSR count). The first-order valence-corrected chi connectivity index (χ1v) is 7.84. The zero-order valence-electron chi connectivity index (χ0n) is 13.8. The van der Waals surface area contributed by atoms with Gasteiger partial charge in [0.05, 0.1) is 0 Å². The van der Waals surface area contributed by atoms with Gasteiger partial charge in [-0.1, -0.05) is 6.07 Å². The molecule has 0 aromatic heterocycles. The molecule has 1 aromatic carbocycles. The molecule has 1 aliphatic heterocycles. The number of benzene rings is 1. The quantitative estimate of drug-likeness (QED) is 0.927. The highest BCUT2D eigenvalue weighted by Crippen LogP contribution is 2.33. The highest BCUT2D eigenvalue weighted by Gasteiger charge is 2.35. The molecule has 2 atom stereocenters. The molecule has 1 saturated heterocycles. The van der Waals surface area contributed by atoms with Crippen LogP contribution in [0.15, 0.2) is 18.2 Å². The van der Waals surface area contributed by atoms with Crippen LogP contribution < -0.4 is 5.73 Å². The van der Waals surface area contributed by atoms with Gasteiger partial charge in [-0.25, -0.2) is 13.6 Å². The molecular formula is C17H24F2N2O2. The summed E-state index contributed by atoms with van der Waals surface area (Å²) in [5.74, 6) is -1.41. The number of hydrogen-bond acceptors (Lipinski definition) is 3. The average Bonchev–Trinajstić information content (AvgIpc) is 2.90. The standard InChI is InChI=1S/C17H24F2N2O2/c1-17(2,3)23-16(22)21-7-6-11(10-21)14(9-20)13-5-4-12(18)8-15(13)19/h4-5,8,11,14H,6-7,9-10,20H2,1-3H3. The summed E-state index contributed by atoms with van der Waals surface area (Å²) in [5.41, 5.74) is 5.68. The fourth-order valence-electron chi connectivity index (χ4n) is 2.98. The molecule has 1 aliphatic rings. The second-order valence-corrected chi connectivity index (χ2v) is 6.98. The van der Waals surface area contributed by atoms with E-state index in [4.69, 9.17) is 10.5 Å². The van der Waals surface area contributed by atoms with Crippen molar-refractivity contribution in [1.29, 1.82) is 0 Å². The number of nitrogens with zero attached hydrogens (tertiary/aromatic N) is 1. The van der Waals surface area contributed by atoms with E-state index in [2.05, 4.69) is 0 Å². The Bertz CT molecular complexity index is 572. The minimum absolute atomic E-state index is 0.0347. The fraction of sp³-hybridized carbons (Fsp3) is 0.588. The van der Waals surface area contributed by atoms with Gasteiger partial charge in [-0.15, -0.1) is 0 Å². The highest BCUT2D eigenvalue weighted by atomic mass is 19.1. The van der Waals surface area contributed by atoms with Gasteiger partial charge < -0.3 is 15.4 Å². The number of nitrogens with two attached hydrogens (primary N) is 1. The number of hydrogen-bond donors (Lipinski definition) is 1. The lowest BCUT2D eigenvalue weighted by Gasteiger charge is -2.26. The summed E-state index contributed by atoms with van der Waals surface area (Å²) in [7, 11) is 0. The summed E-state index contributed by atoms with van der Waals surface area (Å²) < 4.78 is 32.5. The molecule has 23 heavy (non-hydrogen) atoms. The SMILES string of the molecule is CC(C)(C)OC(=O)N1CCC(C(CN)c2ccc(F)cc2F)C1. The van der Waals surface area contributed by atoms with Gasteiger partial charge in [0.1, 0.15) is 17.2 Å². The predicted octanol–water partition coefficient (Wildman–Crippen LogP) is 3.26. The lowest BCUT2D eigenvalue weighted by Crippen LogP contribution is -2.36. The van der Waals surface area contributed by atoms with Gasteiger partial charge in [0.2, 0.25) is 0 Å². The number of carbonyl (C=O) groups excluding carboxylic acids is 1. The molecule has 4 nitrogen and oxygen atoms in total. The van der Waals surface area contributed by atoms with Crippen molar-refractivity contribution in [3.8, 4) is 0 Å². The van der Waals surface area contributed by atoms with E-state index in [1.165, 1.54) is 12.1 Å². The van der Waals surface area contributed by atoms with Gasteiger partial charge in [0, 0.05) is 25.1 Å². The van der Waals surface area contributed by atoms with Gasteiger partial charge in [-0.3, -0.25) is 0 Å². The Hall–Kier alpha value is -1.69. The van der Waals surface area contributed by atoms with E-state index < -0.39 is 17.2 Å². The number of likely N-dealkylation sites (tertiary alicyclic amines) is 1. The monoisotopic (exact) mass is 326 g/mol. The largest absolute Gasteiger partial charge is 0.444 e. The third-order valence-electron chi connectivity index (χ3n) is 4.06. The van der Waals surface area contributed by atoms with Crippen molar-refractivity contribution in [2.45, 2.75) is 38.7 Å². The van der Waals surface area contributed by atoms with Crippen LogP contribution in [0, 0.1) is 17.6 Å². The Morgan fingerprint density at radius 2 is 2.13 bits per heavy atom. The minimum atomic E-state index is -0.608. The molecule has 6 heteroatoms. The van der Waals surface area contributed by atoms with Crippen molar-refractivity contribution in [3.63, 3.8) is 0 Å². The van der Waals surface area contributed by atoms with E-state index in [1.807, 2.05) is 20.8 Å². The molecule has 2 N–H and O–H groups in total. The van der Waals surface area contributed by atoms with E-state index in [0.717, 1.165) is 12.5 Å². The van der Waals surface area contributed by atoms with Crippen LogP contribution in [-0.2, 0) is 4.74 Å². The predicted molar refractivity (Wildman–Crippen MR) is 84.1 cm³/mol. The first-order valence-electron chi connectivity index (χ1n) is 7.84. The van der Waals surface area contributed by atoms with E-state index in [1.54, 1.807) is 4.90 Å². The topological polar surface area (TPSA) is 55.6 Å². The molecule has 0 spiro atoms. The second kappa shape index (κ2) is 6.83. The lowest BCUT2D eigenvalue weighted by molar-refractivity contribution is 0.0286. The normalized spacial score (nSPS) is 19.7. The molecule has 1 amide bonds. The van der Waals surface area contributed by atoms with Crippen LogP contribution >= 0.6 is 0 Å². The van der Waals surface area contributed by atoms with Crippen LogP contribution in [0.5, 0.6) is 0 Å². The van der Waals surface area contributed by atoms with Crippen molar-refractivity contribution in [1.82, 2.24) is 4.90 Å². The number of carbonyl (C=O) groups is 1. The smallest absolute Gasteiger partial charge is 0.410 e. The summed E-state index contributed by atoms with van der Waals surface area (Å²) in [6, 6.07) is 3.55. The first kappa shape index (κ1) is 17.7. The van der Waals surface area contributed by atoms with Crippen LogP contribution in [0.3, 0.4) is 0 Å². The molecule has 0 aliphatic carbocycles. The Morgan fingerprint density at radius 3 is 2.70 bits per heavy atom. The number of halogens is 2. The molecule has 1 heterocycles. The molecule has 128 valence electrons. The summed E-state index contributed by atoms with van der Waals surface area (Å²) >= 11 is 0. The Labute approximate surface area is 135 Å². The van der Waals surface area contributed by atoms with Crippen molar-refractivity contribution >= 4 is 6.09 Å². The van der Waals surface area contributed by atoms with Crippen LogP contribution in [-0.4, -0.2) is 36.2 Å². The number of ether oxygens (including phenoxy) is 1. The van der Waals surface area contributed by atoms with Gasteiger partial charge >= 0.3 is 6.09 Å². The van der Waals surface area contributed by atoms with E-state index in [9.17, 15) is 13.6 Å². The molecular weight excluding hydrogens is 302 g/mol. The van der Waals surface area contributed by atoms with Crippen LogP contribution in [0.2, 0.25) is 0 Å². The summed E-state index contributed by atoms with van der Waals surface area (Å²) in [5, 5.41) is 0. The molecule has 2 unspecified atom stereocenters. The van der Waals surface area contributed by atoms with Crippen LogP contribution in [0.1, 0.15) is 38.7 Å². The minimum Gasteiger partial charge on any atom is -0.444 e. The third kappa shape index (κ3) is 4.41. The zero-order valence-corrected chi connectivity index (χ0v) is 13.8. The molecule has 0 radical (unpaired) electrons. The molecule has 1 fully saturated rings. The second-order valence-electron chi connectivity index (χ2n) is 6.98. The average molecular weight is 326 g/mol. The highest BCUT2D eigenvalue weighted by molar-refractivity contribution is 5.68. The first-order chi connectivity index (χ1) is 10.7. The van der Waals surface area contributed by atoms with Crippen molar-refractivity contribution in [3.05, 3.63) is 35.4 Å². The maximum atomic E-state index is 14.0. The number of rotatable bonds is 3. The van der Waals surface area contributed by atoms with Gasteiger partial charge in [0.25, 0.3) is 0 Å². The van der Waals surface area contributed by atoms with E-state index >= 15 is 0 Å². The summed E-state index contributed by atoms with van der Waals surface area (Å²) in [6.45, 7) is 6.71. The third-order valence-corrected chi connectivity index (χ3v) is 4.06. The van der Waals surface area contributed by atoms with Gasteiger partial charge in [-0.2, -0.15) is 0 Å². The summed E-state index contributed by atoms with van der Waals surface area (Å²) in [6.07, 6.45) is 0.355. The van der Waals surface area contributed by atoms with Crippen LogP contribution in [0.4, 0.5) is 13.6 Å². The maximum absolute atomic E-state index is 14.0. The summed E-state index contributed by atoms with van der Waals surface area (Å²) in [4.78, 5) is 13.7. The molecule has 0 bridgehead atoms. The molecule has 1 aromatic rings. The maximum Gasteiger partial charge on any atom is 0.410 e. The van der Waals surface area contributed by atoms with Crippen molar-refractivity contribution in [2.75, 3.05) is 19.6 Å². The Morgan fingerprint density at radius 1 is 1.43 bits per heavy atom. The van der Waals surface area contributed by atoms with E-state index in [-0.39, 0.29) is 24.5 Å². The number of amides is 1. The van der Waals surface area contributed by atoms with Gasteiger partial charge in [-0.05, 0) is 51.3 Å². The van der Waals surface area contributed by atoms with Crippen LogP contribution in [0.25, 0.3) is 0 Å². The lowest BCUT2D eigenvalue weighted by atomic mass is 9.85. The van der Waals surface area contributed by atoms with Crippen molar-refractivity contribution in [2.24, 2.45) is 11.7 Å². The fourth-order valence-corrected chi connectivity index (χ4v) is 2.98. The Balaban J connectivity index is 2.08. The Kier molecular flexibility index (Phi) is 5.24. The zero-order chi connectivity index (χ0) is 17.2.